The second-order valence-electron chi connectivity index (χ2n) is 6.79. The first kappa shape index (κ1) is 25.1. The van der Waals surface area contributed by atoms with Crippen LogP contribution in [0.4, 0.5) is 5.69 Å². The second-order valence-corrected chi connectivity index (χ2v) is 8.17. The summed E-state index contributed by atoms with van der Waals surface area (Å²) in [6.45, 7) is 0. The van der Waals surface area contributed by atoms with Crippen LogP contribution in [-0.4, -0.2) is 59.7 Å². The van der Waals surface area contributed by atoms with Crippen LogP contribution < -0.4 is 10.1 Å². The Hall–Kier alpha value is -3.57. The predicted octanol–water partition coefficient (Wildman–Crippen LogP) is 3.45. The van der Waals surface area contributed by atoms with Crippen LogP contribution in [0.15, 0.2) is 41.6 Å². The zero-order valence-corrected chi connectivity index (χ0v) is 20.3. The molecule has 0 bridgehead atoms. The van der Waals surface area contributed by atoms with Gasteiger partial charge in [0.05, 0.1) is 49.5 Å². The van der Waals surface area contributed by atoms with Gasteiger partial charge in [0.25, 0.3) is 0 Å². The molecule has 1 amide bonds. The Kier molecular flexibility index (Phi) is 8.13. The lowest BCUT2D eigenvalue weighted by Gasteiger charge is -2.11. The van der Waals surface area contributed by atoms with E-state index < -0.39 is 17.8 Å². The molecule has 0 radical (unpaired) electrons. The molecule has 0 aliphatic rings. The normalized spacial score (nSPS) is 10.5. The number of hydrogen-bond donors (Lipinski definition) is 1. The summed E-state index contributed by atoms with van der Waals surface area (Å²) < 4.78 is 16.5. The molecule has 0 fully saturated rings. The van der Waals surface area contributed by atoms with Crippen LogP contribution in [0.25, 0.3) is 11.4 Å². The summed E-state index contributed by atoms with van der Waals surface area (Å²) in [4.78, 5) is 36.6. The molecule has 178 valence electrons. The molecule has 1 heterocycles. The number of amides is 1. The molecule has 10 nitrogen and oxygen atoms in total. The first-order valence-corrected chi connectivity index (χ1v) is 11.1. The summed E-state index contributed by atoms with van der Waals surface area (Å²) in [5, 5.41) is 12.0. The lowest BCUT2D eigenvalue weighted by atomic mass is 10.1. The van der Waals surface area contributed by atoms with E-state index in [9.17, 15) is 14.4 Å². The van der Waals surface area contributed by atoms with E-state index in [1.165, 1.54) is 32.4 Å². The van der Waals surface area contributed by atoms with Crippen molar-refractivity contribution in [2.45, 2.75) is 5.16 Å². The van der Waals surface area contributed by atoms with Gasteiger partial charge in [-0.25, -0.2) is 9.59 Å². The number of methoxy groups -OCH3 is 3. The average Bonchev–Trinajstić information content (AvgIpc) is 3.21. The number of rotatable bonds is 8. The van der Waals surface area contributed by atoms with E-state index in [2.05, 4.69) is 15.5 Å². The van der Waals surface area contributed by atoms with Crippen molar-refractivity contribution in [3.8, 4) is 17.1 Å². The van der Waals surface area contributed by atoms with Gasteiger partial charge in [0, 0.05) is 12.1 Å². The van der Waals surface area contributed by atoms with Crippen molar-refractivity contribution in [2.24, 2.45) is 7.05 Å². The van der Waals surface area contributed by atoms with Gasteiger partial charge in [-0.2, -0.15) is 0 Å². The average molecular weight is 505 g/mol. The van der Waals surface area contributed by atoms with Crippen molar-refractivity contribution in [3.63, 3.8) is 0 Å². The van der Waals surface area contributed by atoms with Crippen molar-refractivity contribution >= 4 is 46.9 Å². The monoisotopic (exact) mass is 504 g/mol. The third kappa shape index (κ3) is 5.49. The van der Waals surface area contributed by atoms with Gasteiger partial charge in [0.2, 0.25) is 5.91 Å². The molecular formula is C22H21ClN4O6S. The maximum atomic E-state index is 12.6. The van der Waals surface area contributed by atoms with Crippen LogP contribution in [0.1, 0.15) is 20.7 Å². The topological polar surface area (TPSA) is 122 Å². The summed E-state index contributed by atoms with van der Waals surface area (Å²) in [7, 11) is 5.75. The molecule has 0 unspecified atom stereocenters. The van der Waals surface area contributed by atoms with Gasteiger partial charge in [0.15, 0.2) is 11.0 Å². The number of thioether (sulfide) groups is 1. The van der Waals surface area contributed by atoms with Crippen LogP contribution in [0, 0.1) is 0 Å². The van der Waals surface area contributed by atoms with Crippen LogP contribution >= 0.6 is 23.4 Å². The number of carbonyl (C=O) groups excluding carboxylic acids is 3. The SMILES string of the molecule is COC(=O)c1ccc(C(=O)OC)c(NC(=O)CSc2nnc(-c3cc(Cl)ccc3OC)n2C)c1. The largest absolute Gasteiger partial charge is 0.496 e. The van der Waals surface area contributed by atoms with Crippen LogP contribution in [0.5, 0.6) is 5.75 Å². The van der Waals surface area contributed by atoms with Crippen molar-refractivity contribution in [2.75, 3.05) is 32.4 Å². The Morgan fingerprint density at radius 2 is 1.76 bits per heavy atom. The minimum atomic E-state index is -0.659. The van der Waals surface area contributed by atoms with Crippen LogP contribution in [-0.2, 0) is 21.3 Å². The van der Waals surface area contributed by atoms with Gasteiger partial charge in [-0.3, -0.25) is 4.79 Å². The first-order chi connectivity index (χ1) is 16.3. The van der Waals surface area contributed by atoms with Gasteiger partial charge >= 0.3 is 11.9 Å². The van der Waals surface area contributed by atoms with E-state index in [4.69, 9.17) is 25.8 Å². The fraction of sp³-hybridized carbons (Fsp3) is 0.227. The maximum absolute atomic E-state index is 12.6. The summed E-state index contributed by atoms with van der Waals surface area (Å²) in [5.74, 6) is -0.642. The molecule has 12 heteroatoms. The summed E-state index contributed by atoms with van der Waals surface area (Å²) in [6, 6.07) is 9.30. The van der Waals surface area contributed by atoms with Gasteiger partial charge in [0.1, 0.15) is 5.75 Å². The lowest BCUT2D eigenvalue weighted by molar-refractivity contribution is -0.113. The van der Waals surface area contributed by atoms with Crippen LogP contribution in [0.3, 0.4) is 0 Å². The van der Waals surface area contributed by atoms with Crippen LogP contribution in [0.2, 0.25) is 5.02 Å². The van der Waals surface area contributed by atoms with Gasteiger partial charge < -0.3 is 24.1 Å². The second kappa shape index (κ2) is 11.0. The number of nitrogens with zero attached hydrogens (tertiary/aromatic N) is 3. The molecule has 2 aromatic carbocycles. The standard InChI is InChI=1S/C22H21ClN4O6S/c1-27-19(15-10-13(23)6-8-17(15)31-2)25-26-22(27)34-11-18(28)24-16-9-12(20(29)32-3)5-7-14(16)21(30)33-4/h5-10H,11H2,1-4H3,(H,24,28). The highest BCUT2D eigenvalue weighted by atomic mass is 35.5. The fourth-order valence-electron chi connectivity index (χ4n) is 3.03. The van der Waals surface area contributed by atoms with E-state index in [-0.39, 0.29) is 22.6 Å². The van der Waals surface area contributed by atoms with Crippen molar-refractivity contribution in [1.82, 2.24) is 14.8 Å². The van der Waals surface area contributed by atoms with Crippen molar-refractivity contribution in [1.29, 1.82) is 0 Å². The Bertz CT molecular complexity index is 1250. The van der Waals surface area contributed by atoms with Crippen molar-refractivity contribution in [3.05, 3.63) is 52.5 Å². The van der Waals surface area contributed by atoms with E-state index in [0.717, 1.165) is 11.8 Å². The Morgan fingerprint density at radius 1 is 1.03 bits per heavy atom. The number of hydrogen-bond acceptors (Lipinski definition) is 9. The number of anilines is 1. The van der Waals surface area contributed by atoms with Gasteiger partial charge in [-0.05, 0) is 36.4 Å². The molecule has 0 aliphatic heterocycles. The molecule has 0 saturated heterocycles. The predicted molar refractivity (Wildman–Crippen MR) is 126 cm³/mol. The molecule has 0 spiro atoms. The highest BCUT2D eigenvalue weighted by Gasteiger charge is 2.19. The quantitative estimate of drug-likeness (QED) is 0.363. The van der Waals surface area contributed by atoms with Crippen molar-refractivity contribution < 1.29 is 28.6 Å². The molecule has 1 N–H and O–H groups in total. The maximum Gasteiger partial charge on any atom is 0.339 e. The molecule has 3 aromatic rings. The third-order valence-corrected chi connectivity index (χ3v) is 5.95. The van der Waals surface area contributed by atoms with E-state index in [1.54, 1.807) is 36.9 Å². The number of carbonyl (C=O) groups is 3. The summed E-state index contributed by atoms with van der Waals surface area (Å²) in [5.41, 5.74) is 1.06. The first-order valence-electron chi connectivity index (χ1n) is 9.75. The zero-order chi connectivity index (χ0) is 24.8. The zero-order valence-electron chi connectivity index (χ0n) is 18.7. The number of aromatic nitrogens is 3. The van der Waals surface area contributed by atoms with E-state index in [0.29, 0.717) is 27.3 Å². The number of esters is 2. The molecular weight excluding hydrogens is 484 g/mol. The van der Waals surface area contributed by atoms with Gasteiger partial charge in [-0.15, -0.1) is 10.2 Å². The molecule has 0 aliphatic carbocycles. The highest BCUT2D eigenvalue weighted by molar-refractivity contribution is 7.99. The van der Waals surface area contributed by atoms with E-state index in [1.807, 2.05) is 0 Å². The minimum absolute atomic E-state index is 0.0400. The molecule has 3 rings (SSSR count). The Morgan fingerprint density at radius 3 is 2.44 bits per heavy atom. The fourth-order valence-corrected chi connectivity index (χ4v) is 3.91. The minimum Gasteiger partial charge on any atom is -0.496 e. The number of nitrogens with one attached hydrogen (secondary N) is 1. The smallest absolute Gasteiger partial charge is 0.339 e. The molecule has 0 atom stereocenters. The number of ether oxygens (including phenoxy) is 3. The summed E-state index contributed by atoms with van der Waals surface area (Å²) in [6.07, 6.45) is 0. The van der Waals surface area contributed by atoms with E-state index >= 15 is 0 Å². The Labute approximate surface area is 204 Å². The Balaban J connectivity index is 1.77. The molecule has 0 saturated carbocycles. The molecule has 34 heavy (non-hydrogen) atoms. The number of halogens is 1. The number of benzene rings is 2. The summed E-state index contributed by atoms with van der Waals surface area (Å²) >= 11 is 7.25. The third-order valence-electron chi connectivity index (χ3n) is 4.69. The lowest BCUT2D eigenvalue weighted by Crippen LogP contribution is -2.18. The van der Waals surface area contributed by atoms with Gasteiger partial charge in [-0.1, -0.05) is 23.4 Å². The highest BCUT2D eigenvalue weighted by Crippen LogP contribution is 2.32. The molecule has 1 aromatic heterocycles.